The standard InChI is InChI=1S/C13H18BrNOS/c1-8-4-5-15(10(3)6-8)13(16)11-7-9(2)12(14)17-11/h7-8,10H,4-6H2,1-3H3. The second-order valence-corrected chi connectivity index (χ2v) is 7.41. The van der Waals surface area contributed by atoms with Crippen molar-refractivity contribution in [3.8, 4) is 0 Å². The number of hydrogen-bond donors (Lipinski definition) is 0. The third-order valence-corrected chi connectivity index (χ3v) is 5.59. The summed E-state index contributed by atoms with van der Waals surface area (Å²) in [6.07, 6.45) is 2.25. The minimum absolute atomic E-state index is 0.197. The molecular weight excluding hydrogens is 298 g/mol. The van der Waals surface area contributed by atoms with Crippen LogP contribution in [0.2, 0.25) is 0 Å². The fourth-order valence-corrected chi connectivity index (χ4v) is 3.91. The summed E-state index contributed by atoms with van der Waals surface area (Å²) in [6.45, 7) is 7.35. The Morgan fingerprint density at radius 3 is 2.76 bits per heavy atom. The van der Waals surface area contributed by atoms with Crippen molar-refractivity contribution >= 4 is 33.2 Å². The highest BCUT2D eigenvalue weighted by Gasteiger charge is 2.28. The van der Waals surface area contributed by atoms with Gasteiger partial charge in [-0.2, -0.15) is 0 Å². The molecule has 1 aliphatic rings. The molecule has 1 aliphatic heterocycles. The third-order valence-electron chi connectivity index (χ3n) is 3.47. The number of halogens is 1. The van der Waals surface area contributed by atoms with Gasteiger partial charge in [0.15, 0.2) is 0 Å². The summed E-state index contributed by atoms with van der Waals surface area (Å²) in [5, 5.41) is 0. The van der Waals surface area contributed by atoms with E-state index in [1.165, 1.54) is 0 Å². The van der Waals surface area contributed by atoms with Crippen LogP contribution in [0.25, 0.3) is 0 Å². The average molecular weight is 316 g/mol. The molecule has 1 aromatic rings. The maximum atomic E-state index is 12.4. The predicted molar refractivity (Wildman–Crippen MR) is 75.7 cm³/mol. The first-order valence-corrected chi connectivity index (χ1v) is 7.67. The molecule has 1 aromatic heterocycles. The summed E-state index contributed by atoms with van der Waals surface area (Å²) in [5.74, 6) is 0.939. The van der Waals surface area contributed by atoms with Gasteiger partial charge in [0.2, 0.25) is 0 Å². The summed E-state index contributed by atoms with van der Waals surface area (Å²) < 4.78 is 1.07. The van der Waals surface area contributed by atoms with Gasteiger partial charge in [0.1, 0.15) is 0 Å². The van der Waals surface area contributed by atoms with E-state index in [4.69, 9.17) is 0 Å². The van der Waals surface area contributed by atoms with Gasteiger partial charge >= 0.3 is 0 Å². The van der Waals surface area contributed by atoms with Crippen LogP contribution in [0.4, 0.5) is 0 Å². The minimum atomic E-state index is 0.197. The van der Waals surface area contributed by atoms with Crippen LogP contribution in [-0.2, 0) is 0 Å². The van der Waals surface area contributed by atoms with Crippen LogP contribution < -0.4 is 0 Å². The van der Waals surface area contributed by atoms with Crippen LogP contribution in [0.5, 0.6) is 0 Å². The number of piperidine rings is 1. The lowest BCUT2D eigenvalue weighted by Gasteiger charge is -2.36. The third kappa shape index (κ3) is 2.74. The summed E-state index contributed by atoms with van der Waals surface area (Å²) in [5.41, 5.74) is 1.15. The Morgan fingerprint density at radius 2 is 2.24 bits per heavy atom. The Morgan fingerprint density at radius 1 is 1.53 bits per heavy atom. The van der Waals surface area contributed by atoms with Crippen molar-refractivity contribution in [3.63, 3.8) is 0 Å². The number of nitrogens with zero attached hydrogens (tertiary/aromatic N) is 1. The number of thiophene rings is 1. The van der Waals surface area contributed by atoms with Gasteiger partial charge in [0.25, 0.3) is 5.91 Å². The van der Waals surface area contributed by atoms with Crippen LogP contribution in [0, 0.1) is 12.8 Å². The number of aryl methyl sites for hydroxylation is 1. The van der Waals surface area contributed by atoms with Gasteiger partial charge in [-0.3, -0.25) is 4.79 Å². The van der Waals surface area contributed by atoms with Gasteiger partial charge in [-0.15, -0.1) is 11.3 Å². The molecule has 94 valence electrons. The van der Waals surface area contributed by atoms with Crippen molar-refractivity contribution in [2.45, 2.75) is 39.7 Å². The first-order valence-electron chi connectivity index (χ1n) is 6.06. The molecule has 4 heteroatoms. The topological polar surface area (TPSA) is 20.3 Å². The van der Waals surface area contributed by atoms with Crippen LogP contribution in [0.1, 0.15) is 41.9 Å². The van der Waals surface area contributed by atoms with Crippen molar-refractivity contribution < 1.29 is 4.79 Å². The zero-order valence-electron chi connectivity index (χ0n) is 10.5. The molecular formula is C13H18BrNOS. The maximum absolute atomic E-state index is 12.4. The molecule has 0 spiro atoms. The lowest BCUT2D eigenvalue weighted by molar-refractivity contribution is 0.0593. The Balaban J connectivity index is 2.14. The largest absolute Gasteiger partial charge is 0.335 e. The molecule has 1 fully saturated rings. The van der Waals surface area contributed by atoms with E-state index in [1.807, 2.05) is 17.9 Å². The van der Waals surface area contributed by atoms with E-state index in [1.54, 1.807) is 11.3 Å². The number of carbonyl (C=O) groups is 1. The molecule has 17 heavy (non-hydrogen) atoms. The summed E-state index contributed by atoms with van der Waals surface area (Å²) >= 11 is 5.03. The highest BCUT2D eigenvalue weighted by molar-refractivity contribution is 9.11. The highest BCUT2D eigenvalue weighted by atomic mass is 79.9. The van der Waals surface area contributed by atoms with Crippen molar-refractivity contribution in [2.24, 2.45) is 5.92 Å². The number of likely N-dealkylation sites (tertiary alicyclic amines) is 1. The lowest BCUT2D eigenvalue weighted by Crippen LogP contribution is -2.43. The number of carbonyl (C=O) groups excluding carboxylic acids is 1. The fraction of sp³-hybridized carbons (Fsp3) is 0.615. The van der Waals surface area contributed by atoms with Gasteiger partial charge < -0.3 is 4.90 Å². The van der Waals surface area contributed by atoms with Gasteiger partial charge in [0.05, 0.1) is 8.66 Å². The molecule has 0 N–H and O–H groups in total. The second kappa shape index (κ2) is 5.11. The molecule has 0 radical (unpaired) electrons. The predicted octanol–water partition coefficient (Wildman–Crippen LogP) is 4.08. The zero-order valence-corrected chi connectivity index (χ0v) is 12.9. The van der Waals surface area contributed by atoms with Crippen molar-refractivity contribution in [3.05, 3.63) is 20.3 Å². The van der Waals surface area contributed by atoms with E-state index in [0.717, 1.165) is 39.5 Å². The van der Waals surface area contributed by atoms with E-state index in [9.17, 15) is 4.79 Å². The Kier molecular flexibility index (Phi) is 3.93. The van der Waals surface area contributed by atoms with Crippen molar-refractivity contribution in [2.75, 3.05) is 6.54 Å². The Labute approximate surface area is 115 Å². The average Bonchev–Trinajstić information content (AvgIpc) is 2.58. The molecule has 1 amide bonds. The molecule has 0 aromatic carbocycles. The second-order valence-electron chi connectivity index (χ2n) is 5.04. The first kappa shape index (κ1) is 13.1. The quantitative estimate of drug-likeness (QED) is 0.764. The molecule has 0 bridgehead atoms. The molecule has 2 heterocycles. The van der Waals surface area contributed by atoms with Gasteiger partial charge in [-0.05, 0) is 60.2 Å². The van der Waals surface area contributed by atoms with E-state index >= 15 is 0 Å². The SMILES string of the molecule is Cc1cc(C(=O)N2CCC(C)CC2C)sc1Br. The Bertz CT molecular complexity index is 410. The van der Waals surface area contributed by atoms with E-state index in [2.05, 4.69) is 29.8 Å². The zero-order chi connectivity index (χ0) is 12.6. The fourth-order valence-electron chi connectivity index (χ4n) is 2.42. The normalized spacial score (nSPS) is 25.1. The minimum Gasteiger partial charge on any atom is -0.335 e. The molecule has 2 nitrogen and oxygen atoms in total. The van der Waals surface area contributed by atoms with Crippen LogP contribution in [0.3, 0.4) is 0 Å². The number of rotatable bonds is 1. The number of amides is 1. The van der Waals surface area contributed by atoms with Gasteiger partial charge in [-0.25, -0.2) is 0 Å². The molecule has 0 aliphatic carbocycles. The molecule has 2 unspecified atom stereocenters. The van der Waals surface area contributed by atoms with Crippen molar-refractivity contribution in [1.29, 1.82) is 0 Å². The number of hydrogen-bond acceptors (Lipinski definition) is 2. The van der Waals surface area contributed by atoms with E-state index in [0.29, 0.717) is 6.04 Å². The van der Waals surface area contributed by atoms with Crippen molar-refractivity contribution in [1.82, 2.24) is 4.90 Å². The molecule has 0 saturated carbocycles. The Hall–Kier alpha value is -0.350. The smallest absolute Gasteiger partial charge is 0.264 e. The van der Waals surface area contributed by atoms with E-state index in [-0.39, 0.29) is 5.91 Å². The molecule has 2 rings (SSSR count). The van der Waals surface area contributed by atoms with E-state index < -0.39 is 0 Å². The maximum Gasteiger partial charge on any atom is 0.264 e. The monoisotopic (exact) mass is 315 g/mol. The molecule has 2 atom stereocenters. The van der Waals surface area contributed by atoms with Crippen LogP contribution >= 0.6 is 27.3 Å². The summed E-state index contributed by atoms with van der Waals surface area (Å²) in [7, 11) is 0. The van der Waals surface area contributed by atoms with Gasteiger partial charge in [0, 0.05) is 12.6 Å². The first-order chi connectivity index (χ1) is 7.99. The van der Waals surface area contributed by atoms with Crippen LogP contribution in [-0.4, -0.2) is 23.4 Å². The van der Waals surface area contributed by atoms with Crippen LogP contribution in [0.15, 0.2) is 9.85 Å². The van der Waals surface area contributed by atoms with Gasteiger partial charge in [-0.1, -0.05) is 6.92 Å². The highest BCUT2D eigenvalue weighted by Crippen LogP contribution is 2.30. The molecule has 1 saturated heterocycles. The summed E-state index contributed by atoms with van der Waals surface area (Å²) in [4.78, 5) is 15.3. The lowest BCUT2D eigenvalue weighted by atomic mass is 9.93. The summed E-state index contributed by atoms with van der Waals surface area (Å²) in [6, 6.07) is 2.36.